The fraction of sp³-hybridized carbons (Fsp3) is 0.913. The molecule has 4 aliphatic rings. The molecular weight excluding hydrogens is 360 g/mol. The highest BCUT2D eigenvalue weighted by molar-refractivity contribution is 6.28. The SMILES string of the molecule is CC(=O)O[C@H]1CC[C@@]2(C)[C@H](CC[C@@H]3[C@@H]2CC[C@]2(C)[C@@H](C(=O)CCl)CC[C@@H]32)C1. The molecule has 4 fully saturated rings. The summed E-state index contributed by atoms with van der Waals surface area (Å²) >= 11 is 5.94. The monoisotopic (exact) mass is 394 g/mol. The molecule has 8 atom stereocenters. The van der Waals surface area contributed by atoms with E-state index < -0.39 is 0 Å². The maximum absolute atomic E-state index is 12.5. The molecule has 0 bridgehead atoms. The number of rotatable bonds is 3. The Morgan fingerprint density at radius 2 is 1.67 bits per heavy atom. The fourth-order valence-corrected chi connectivity index (χ4v) is 8.37. The van der Waals surface area contributed by atoms with E-state index in [1.165, 1.54) is 45.4 Å². The zero-order valence-electron chi connectivity index (χ0n) is 17.1. The molecule has 0 unspecified atom stereocenters. The molecule has 3 nitrogen and oxygen atoms in total. The number of carbonyl (C=O) groups is 2. The molecule has 4 rings (SSSR count). The second kappa shape index (κ2) is 7.04. The Balaban J connectivity index is 1.53. The largest absolute Gasteiger partial charge is 0.463 e. The molecule has 0 aliphatic heterocycles. The number of hydrogen-bond acceptors (Lipinski definition) is 3. The third-order valence-corrected chi connectivity index (χ3v) is 9.73. The van der Waals surface area contributed by atoms with Gasteiger partial charge in [0, 0.05) is 12.8 Å². The summed E-state index contributed by atoms with van der Waals surface area (Å²) in [6.07, 6.45) is 10.6. The number of ketones is 1. The van der Waals surface area contributed by atoms with Gasteiger partial charge in [-0.25, -0.2) is 0 Å². The third kappa shape index (κ3) is 3.07. The van der Waals surface area contributed by atoms with E-state index in [2.05, 4.69) is 13.8 Å². The molecule has 152 valence electrons. The maximum Gasteiger partial charge on any atom is 0.302 e. The second-order valence-corrected chi connectivity index (χ2v) is 10.7. The number of halogens is 1. The Morgan fingerprint density at radius 3 is 2.37 bits per heavy atom. The fourth-order valence-electron chi connectivity index (χ4n) is 8.18. The molecule has 27 heavy (non-hydrogen) atoms. The molecule has 0 spiro atoms. The molecule has 0 radical (unpaired) electrons. The van der Waals surface area contributed by atoms with Crippen molar-refractivity contribution >= 4 is 23.4 Å². The summed E-state index contributed by atoms with van der Waals surface area (Å²) < 4.78 is 5.57. The lowest BCUT2D eigenvalue weighted by atomic mass is 9.44. The van der Waals surface area contributed by atoms with Crippen LogP contribution in [0.15, 0.2) is 0 Å². The van der Waals surface area contributed by atoms with Crippen molar-refractivity contribution in [1.82, 2.24) is 0 Å². The van der Waals surface area contributed by atoms with E-state index in [4.69, 9.17) is 16.3 Å². The van der Waals surface area contributed by atoms with Crippen LogP contribution in [-0.2, 0) is 14.3 Å². The minimum absolute atomic E-state index is 0.128. The van der Waals surface area contributed by atoms with Crippen molar-refractivity contribution in [2.75, 3.05) is 5.88 Å². The van der Waals surface area contributed by atoms with Gasteiger partial charge in [-0.15, -0.1) is 11.6 Å². The lowest BCUT2D eigenvalue weighted by Crippen LogP contribution is -2.54. The lowest BCUT2D eigenvalue weighted by Gasteiger charge is -2.61. The summed E-state index contributed by atoms with van der Waals surface area (Å²) in [6.45, 7) is 6.45. The molecule has 0 aromatic heterocycles. The van der Waals surface area contributed by atoms with Crippen molar-refractivity contribution in [1.29, 1.82) is 0 Å². The maximum atomic E-state index is 12.5. The van der Waals surface area contributed by atoms with Crippen LogP contribution in [-0.4, -0.2) is 23.7 Å². The van der Waals surface area contributed by atoms with Crippen molar-refractivity contribution in [2.24, 2.45) is 40.4 Å². The van der Waals surface area contributed by atoms with Gasteiger partial charge < -0.3 is 4.74 Å². The molecule has 4 aliphatic carbocycles. The first-order valence-electron chi connectivity index (χ1n) is 11.1. The summed E-state index contributed by atoms with van der Waals surface area (Å²) in [5.74, 6) is 3.43. The minimum Gasteiger partial charge on any atom is -0.463 e. The quantitative estimate of drug-likeness (QED) is 0.476. The van der Waals surface area contributed by atoms with Crippen LogP contribution >= 0.6 is 11.6 Å². The van der Waals surface area contributed by atoms with Crippen LogP contribution in [0.25, 0.3) is 0 Å². The summed E-state index contributed by atoms with van der Waals surface area (Å²) in [5.41, 5.74) is 0.556. The minimum atomic E-state index is -0.133. The number of alkyl halides is 1. The Hall–Kier alpha value is -0.570. The van der Waals surface area contributed by atoms with Crippen LogP contribution in [0, 0.1) is 40.4 Å². The van der Waals surface area contributed by atoms with Gasteiger partial charge in [0.05, 0.1) is 5.88 Å². The van der Waals surface area contributed by atoms with Crippen LogP contribution in [0.1, 0.15) is 78.6 Å². The van der Waals surface area contributed by atoms with Crippen molar-refractivity contribution in [3.05, 3.63) is 0 Å². The summed E-state index contributed by atoms with van der Waals surface area (Å²) in [5, 5.41) is 0. The smallest absolute Gasteiger partial charge is 0.302 e. The van der Waals surface area contributed by atoms with Gasteiger partial charge in [-0.2, -0.15) is 0 Å². The molecule has 0 amide bonds. The first-order chi connectivity index (χ1) is 12.8. The molecule has 0 heterocycles. The highest BCUT2D eigenvalue weighted by atomic mass is 35.5. The Labute approximate surface area is 168 Å². The Kier molecular flexibility index (Phi) is 5.15. The van der Waals surface area contributed by atoms with Crippen LogP contribution < -0.4 is 0 Å². The highest BCUT2D eigenvalue weighted by Crippen LogP contribution is 2.67. The van der Waals surface area contributed by atoms with Crippen molar-refractivity contribution < 1.29 is 14.3 Å². The van der Waals surface area contributed by atoms with Crippen molar-refractivity contribution in [3.8, 4) is 0 Å². The summed E-state index contributed by atoms with van der Waals surface area (Å²) in [4.78, 5) is 23.9. The van der Waals surface area contributed by atoms with Gasteiger partial charge in [0.2, 0.25) is 0 Å². The van der Waals surface area contributed by atoms with Gasteiger partial charge in [0.15, 0.2) is 5.78 Å². The summed E-state index contributed by atoms with van der Waals surface area (Å²) in [7, 11) is 0. The molecule has 0 aromatic carbocycles. The molecule has 4 heteroatoms. The highest BCUT2D eigenvalue weighted by Gasteiger charge is 2.61. The van der Waals surface area contributed by atoms with E-state index in [0.29, 0.717) is 17.3 Å². The van der Waals surface area contributed by atoms with Crippen molar-refractivity contribution in [2.45, 2.75) is 84.7 Å². The van der Waals surface area contributed by atoms with Gasteiger partial charge in [0.25, 0.3) is 0 Å². The second-order valence-electron chi connectivity index (χ2n) is 10.4. The van der Waals surface area contributed by atoms with E-state index in [1.807, 2.05) is 0 Å². The number of carbonyl (C=O) groups excluding carboxylic acids is 2. The van der Waals surface area contributed by atoms with E-state index in [0.717, 1.165) is 31.1 Å². The zero-order valence-corrected chi connectivity index (χ0v) is 17.9. The normalized spacial score (nSPS) is 48.9. The molecule has 0 saturated heterocycles. The number of esters is 1. The predicted octanol–water partition coefficient (Wildman–Crippen LogP) is 5.38. The molecule has 0 aromatic rings. The Morgan fingerprint density at radius 1 is 0.963 bits per heavy atom. The zero-order chi connectivity index (χ0) is 19.4. The number of fused-ring (bicyclic) bond motifs is 5. The first-order valence-corrected chi connectivity index (χ1v) is 11.6. The standard InChI is InChI=1S/C23H35ClO3/c1-14(25)27-16-8-10-22(2)15(12-16)4-5-17-18-6-7-20(21(26)13-24)23(18,3)11-9-19(17)22/h15-20H,4-13H2,1-3H3/t15-,16+,17+,18+,19+,20-,22+,23+/m1/s1. The van der Waals surface area contributed by atoms with Gasteiger partial charge in [-0.05, 0) is 92.3 Å². The molecule has 0 N–H and O–H groups in total. The number of Topliss-reactive ketones (excluding diaryl/α,β-unsaturated/α-hetero) is 1. The first kappa shape index (κ1) is 19.7. The van der Waals surface area contributed by atoms with Gasteiger partial charge in [-0.1, -0.05) is 13.8 Å². The van der Waals surface area contributed by atoms with E-state index in [1.54, 1.807) is 0 Å². The van der Waals surface area contributed by atoms with Gasteiger partial charge in [-0.3, -0.25) is 9.59 Å². The van der Waals surface area contributed by atoms with Gasteiger partial charge >= 0.3 is 5.97 Å². The van der Waals surface area contributed by atoms with Gasteiger partial charge in [0.1, 0.15) is 6.10 Å². The number of hydrogen-bond donors (Lipinski definition) is 0. The summed E-state index contributed by atoms with van der Waals surface area (Å²) in [6, 6.07) is 0. The van der Waals surface area contributed by atoms with Crippen LogP contribution in [0.4, 0.5) is 0 Å². The Bertz CT molecular complexity index is 619. The molecular formula is C23H35ClO3. The average Bonchev–Trinajstić information content (AvgIpc) is 2.98. The molecule has 4 saturated carbocycles. The van der Waals surface area contributed by atoms with Crippen molar-refractivity contribution in [3.63, 3.8) is 0 Å². The van der Waals surface area contributed by atoms with Crippen LogP contribution in [0.2, 0.25) is 0 Å². The lowest BCUT2D eigenvalue weighted by molar-refractivity contribution is -0.160. The van der Waals surface area contributed by atoms with E-state index in [-0.39, 0.29) is 35.1 Å². The third-order valence-electron chi connectivity index (χ3n) is 9.47. The topological polar surface area (TPSA) is 43.4 Å². The van der Waals surface area contributed by atoms with E-state index >= 15 is 0 Å². The van der Waals surface area contributed by atoms with Crippen LogP contribution in [0.3, 0.4) is 0 Å². The van der Waals surface area contributed by atoms with E-state index in [9.17, 15) is 9.59 Å². The predicted molar refractivity (Wildman–Crippen MR) is 106 cm³/mol. The number of ether oxygens (including phenoxy) is 1. The van der Waals surface area contributed by atoms with Crippen LogP contribution in [0.5, 0.6) is 0 Å². The average molecular weight is 395 g/mol.